The van der Waals surface area contributed by atoms with Gasteiger partial charge in [0.15, 0.2) is 0 Å². The van der Waals surface area contributed by atoms with Crippen LogP contribution in [0.3, 0.4) is 0 Å². The van der Waals surface area contributed by atoms with Crippen molar-refractivity contribution in [3.63, 3.8) is 0 Å². The molecule has 130 valence electrons. The Morgan fingerprint density at radius 3 is 3.12 bits per heavy atom. The molecule has 3 rings (SSSR count). The second-order valence-electron chi connectivity index (χ2n) is 6.14. The van der Waals surface area contributed by atoms with Crippen molar-refractivity contribution in [1.29, 1.82) is 0 Å². The predicted octanol–water partition coefficient (Wildman–Crippen LogP) is -0.578. The Bertz CT molecular complexity index is 651. The Morgan fingerprint density at radius 1 is 1.50 bits per heavy atom. The molecule has 0 radical (unpaired) electrons. The van der Waals surface area contributed by atoms with E-state index >= 15 is 0 Å². The number of carbonyl (C=O) groups excluding carboxylic acids is 1. The number of nitrogens with zero attached hydrogens (tertiary/aromatic N) is 6. The summed E-state index contributed by atoms with van der Waals surface area (Å²) in [5, 5.41) is 14.1. The van der Waals surface area contributed by atoms with Crippen LogP contribution in [0, 0.1) is 5.92 Å². The maximum absolute atomic E-state index is 12.4. The molecule has 0 aromatic carbocycles. The van der Waals surface area contributed by atoms with Crippen molar-refractivity contribution >= 4 is 5.91 Å². The Hall–Kier alpha value is -2.33. The van der Waals surface area contributed by atoms with Gasteiger partial charge in [0.05, 0.1) is 5.92 Å². The third kappa shape index (κ3) is 3.60. The molecule has 0 saturated carbocycles. The average Bonchev–Trinajstić information content (AvgIpc) is 3.31. The summed E-state index contributed by atoms with van der Waals surface area (Å²) in [6.07, 6.45) is 5.87. The summed E-state index contributed by atoms with van der Waals surface area (Å²) in [4.78, 5) is 16.8. The summed E-state index contributed by atoms with van der Waals surface area (Å²) in [7, 11) is 0. The van der Waals surface area contributed by atoms with Crippen molar-refractivity contribution in [3.05, 3.63) is 24.5 Å². The molecule has 0 aliphatic carbocycles. The van der Waals surface area contributed by atoms with Crippen LogP contribution in [-0.4, -0.2) is 48.8 Å². The lowest BCUT2D eigenvalue weighted by Crippen LogP contribution is -2.38. The molecule has 1 aliphatic rings. The van der Waals surface area contributed by atoms with Crippen LogP contribution in [0.5, 0.6) is 0 Å². The molecule has 1 aliphatic heterocycles. The topological polar surface area (TPSA) is 115 Å². The van der Waals surface area contributed by atoms with E-state index in [4.69, 9.17) is 0 Å². The standard InChI is InChI=1S/C14H23N9O/c1-10(2)12-15-5-7-22(12)6-3-4-16-14(24)11-8-17-19-13(11)23-9-18-20-21-23/h5,7,9-11,13,17,19H,3-4,6,8H2,1-2H3,(H,16,24). The number of imidazole rings is 1. The lowest BCUT2D eigenvalue weighted by molar-refractivity contribution is -0.125. The van der Waals surface area contributed by atoms with E-state index in [0.717, 1.165) is 18.8 Å². The zero-order valence-corrected chi connectivity index (χ0v) is 13.9. The molecular weight excluding hydrogens is 310 g/mol. The number of carbonyl (C=O) groups is 1. The molecule has 2 aromatic heterocycles. The first kappa shape index (κ1) is 16.5. The quantitative estimate of drug-likeness (QED) is 0.581. The first-order valence-electron chi connectivity index (χ1n) is 8.16. The zero-order chi connectivity index (χ0) is 16.9. The summed E-state index contributed by atoms with van der Waals surface area (Å²) < 4.78 is 3.68. The first-order valence-corrected chi connectivity index (χ1v) is 8.16. The minimum atomic E-state index is -0.277. The van der Waals surface area contributed by atoms with Crippen molar-refractivity contribution in [3.8, 4) is 0 Å². The van der Waals surface area contributed by atoms with Gasteiger partial charge in [-0.05, 0) is 16.8 Å². The highest BCUT2D eigenvalue weighted by Gasteiger charge is 2.34. The summed E-state index contributed by atoms with van der Waals surface area (Å²) >= 11 is 0. The fraction of sp³-hybridized carbons (Fsp3) is 0.643. The number of aromatic nitrogens is 6. The second kappa shape index (κ2) is 7.49. The molecule has 10 heteroatoms. The normalized spacial score (nSPS) is 20.6. The zero-order valence-electron chi connectivity index (χ0n) is 13.9. The number of amides is 1. The fourth-order valence-corrected chi connectivity index (χ4v) is 2.87. The molecule has 24 heavy (non-hydrogen) atoms. The molecule has 10 nitrogen and oxygen atoms in total. The van der Waals surface area contributed by atoms with Gasteiger partial charge in [0.1, 0.15) is 18.3 Å². The molecule has 1 saturated heterocycles. The minimum Gasteiger partial charge on any atom is -0.356 e. The highest BCUT2D eigenvalue weighted by Crippen LogP contribution is 2.17. The van der Waals surface area contributed by atoms with Gasteiger partial charge < -0.3 is 9.88 Å². The number of rotatable bonds is 7. The molecule has 2 aromatic rings. The third-order valence-corrected chi connectivity index (χ3v) is 4.08. The molecule has 3 heterocycles. The van der Waals surface area contributed by atoms with Gasteiger partial charge in [-0.15, -0.1) is 5.10 Å². The highest BCUT2D eigenvalue weighted by atomic mass is 16.2. The van der Waals surface area contributed by atoms with E-state index in [1.165, 1.54) is 6.33 Å². The molecule has 1 fully saturated rings. The largest absolute Gasteiger partial charge is 0.356 e. The number of tetrazole rings is 1. The van der Waals surface area contributed by atoms with E-state index in [1.54, 1.807) is 4.68 Å². The molecule has 0 spiro atoms. The van der Waals surface area contributed by atoms with E-state index in [9.17, 15) is 4.79 Å². The summed E-state index contributed by atoms with van der Waals surface area (Å²) in [6.45, 7) is 6.24. The number of nitrogens with one attached hydrogen (secondary N) is 3. The van der Waals surface area contributed by atoms with Crippen molar-refractivity contribution in [1.82, 2.24) is 45.9 Å². The molecule has 3 N–H and O–H groups in total. The van der Waals surface area contributed by atoms with E-state index in [2.05, 4.69) is 55.1 Å². The number of hydrazine groups is 1. The maximum Gasteiger partial charge on any atom is 0.228 e. The van der Waals surface area contributed by atoms with Crippen LogP contribution < -0.4 is 16.2 Å². The SMILES string of the molecule is CC(C)c1nccn1CCCNC(=O)C1CNNC1n1cnnn1. The summed E-state index contributed by atoms with van der Waals surface area (Å²) in [5.41, 5.74) is 6.00. The van der Waals surface area contributed by atoms with Crippen LogP contribution in [0.4, 0.5) is 0 Å². The van der Waals surface area contributed by atoms with Gasteiger partial charge in [0, 0.05) is 37.9 Å². The van der Waals surface area contributed by atoms with E-state index in [0.29, 0.717) is 19.0 Å². The number of hydrogen-bond donors (Lipinski definition) is 3. The van der Waals surface area contributed by atoms with Crippen LogP contribution in [0.2, 0.25) is 0 Å². The van der Waals surface area contributed by atoms with E-state index in [-0.39, 0.29) is 18.0 Å². The monoisotopic (exact) mass is 333 g/mol. The van der Waals surface area contributed by atoms with Crippen LogP contribution in [0.1, 0.15) is 38.2 Å². The van der Waals surface area contributed by atoms with Crippen molar-refractivity contribution in [2.45, 2.75) is 38.9 Å². The Labute approximate surface area is 140 Å². The van der Waals surface area contributed by atoms with Crippen LogP contribution in [0.15, 0.2) is 18.7 Å². The first-order chi connectivity index (χ1) is 11.7. The maximum atomic E-state index is 12.4. The van der Waals surface area contributed by atoms with Gasteiger partial charge in [-0.2, -0.15) is 0 Å². The van der Waals surface area contributed by atoms with Crippen molar-refractivity contribution in [2.75, 3.05) is 13.1 Å². The van der Waals surface area contributed by atoms with Crippen LogP contribution >= 0.6 is 0 Å². The third-order valence-electron chi connectivity index (χ3n) is 4.08. The highest BCUT2D eigenvalue weighted by molar-refractivity contribution is 5.79. The van der Waals surface area contributed by atoms with Gasteiger partial charge in [0.25, 0.3) is 0 Å². The Kier molecular flexibility index (Phi) is 5.16. The fourth-order valence-electron chi connectivity index (χ4n) is 2.87. The Balaban J connectivity index is 1.46. The smallest absolute Gasteiger partial charge is 0.228 e. The van der Waals surface area contributed by atoms with Gasteiger partial charge in [0.2, 0.25) is 5.91 Å². The summed E-state index contributed by atoms with van der Waals surface area (Å²) in [5.74, 6) is 1.20. The second-order valence-corrected chi connectivity index (χ2v) is 6.14. The predicted molar refractivity (Wildman–Crippen MR) is 85.4 cm³/mol. The van der Waals surface area contributed by atoms with Crippen molar-refractivity contribution in [2.24, 2.45) is 5.92 Å². The van der Waals surface area contributed by atoms with Gasteiger partial charge >= 0.3 is 0 Å². The molecule has 1 amide bonds. The molecule has 0 bridgehead atoms. The van der Waals surface area contributed by atoms with Gasteiger partial charge in [-0.25, -0.2) is 15.1 Å². The minimum absolute atomic E-state index is 0.0114. The van der Waals surface area contributed by atoms with E-state index < -0.39 is 0 Å². The summed E-state index contributed by atoms with van der Waals surface area (Å²) in [6, 6.07) is 0. The molecular formula is C14H23N9O. The lowest BCUT2D eigenvalue weighted by Gasteiger charge is -2.17. The average molecular weight is 333 g/mol. The Morgan fingerprint density at radius 2 is 2.38 bits per heavy atom. The number of hydrogen-bond acceptors (Lipinski definition) is 7. The van der Waals surface area contributed by atoms with Crippen molar-refractivity contribution < 1.29 is 4.79 Å². The lowest BCUT2D eigenvalue weighted by atomic mass is 10.1. The van der Waals surface area contributed by atoms with E-state index in [1.807, 2.05) is 12.4 Å². The number of aryl methyl sites for hydroxylation is 1. The molecule has 2 unspecified atom stereocenters. The molecule has 2 atom stereocenters. The van der Waals surface area contributed by atoms with Gasteiger partial charge in [-0.1, -0.05) is 13.8 Å². The van der Waals surface area contributed by atoms with Crippen LogP contribution in [0.25, 0.3) is 0 Å². The van der Waals surface area contributed by atoms with Gasteiger partial charge in [-0.3, -0.25) is 10.2 Å². The van der Waals surface area contributed by atoms with Crippen LogP contribution in [-0.2, 0) is 11.3 Å².